The summed E-state index contributed by atoms with van der Waals surface area (Å²) in [7, 11) is 0. The summed E-state index contributed by atoms with van der Waals surface area (Å²) in [6, 6.07) is 2.83. The fraction of sp³-hybridized carbons (Fsp3) is 0.500. The van der Waals surface area contributed by atoms with Crippen LogP contribution in [0.1, 0.15) is 58.6 Å². The Hall–Kier alpha value is -2.63. The normalized spacial score (nSPS) is 19.0. The summed E-state index contributed by atoms with van der Waals surface area (Å²) in [5, 5.41) is 7.04. The van der Waals surface area contributed by atoms with Gasteiger partial charge in [-0.05, 0) is 87.7 Å². The molecule has 0 radical (unpaired) electrons. The molecule has 0 bridgehead atoms. The number of hydrazine groups is 1. The van der Waals surface area contributed by atoms with Gasteiger partial charge in [0, 0.05) is 23.4 Å². The lowest BCUT2D eigenvalue weighted by Crippen LogP contribution is -2.51. The Balaban J connectivity index is 1.47. The number of nitrogens with two attached hydrogens (primary N) is 1. The zero-order chi connectivity index (χ0) is 24.7. The molecule has 0 aromatic carbocycles. The highest BCUT2D eigenvalue weighted by Gasteiger charge is 2.36. The topological polar surface area (TPSA) is 112 Å². The average molecular weight is 517 g/mol. The van der Waals surface area contributed by atoms with Crippen LogP contribution in [0, 0.1) is 24.7 Å². The summed E-state index contributed by atoms with van der Waals surface area (Å²) in [5.74, 6) is 5.56. The third-order valence-electron chi connectivity index (χ3n) is 6.89. The van der Waals surface area contributed by atoms with E-state index in [1.165, 1.54) is 17.4 Å². The number of amides is 2. The number of thiocarbonyl (C=S) groups is 1. The van der Waals surface area contributed by atoms with Gasteiger partial charge in [-0.15, -0.1) is 11.3 Å². The zero-order valence-corrected chi connectivity index (χ0v) is 21.2. The Bertz CT molecular complexity index is 1180. The van der Waals surface area contributed by atoms with Crippen LogP contribution in [-0.2, 0) is 17.6 Å². The van der Waals surface area contributed by atoms with Gasteiger partial charge in [-0.25, -0.2) is 10.8 Å². The molecular weight excluding hydrogens is 487 g/mol. The van der Waals surface area contributed by atoms with Crippen LogP contribution in [0.25, 0.3) is 0 Å². The van der Waals surface area contributed by atoms with E-state index < -0.39 is 5.95 Å². The van der Waals surface area contributed by atoms with E-state index in [-0.39, 0.29) is 23.8 Å². The summed E-state index contributed by atoms with van der Waals surface area (Å²) in [4.78, 5) is 32.8. The number of halogens is 1. The molecule has 2 heterocycles. The van der Waals surface area contributed by atoms with E-state index in [0.29, 0.717) is 45.9 Å². The van der Waals surface area contributed by atoms with Gasteiger partial charge in [0.25, 0.3) is 5.91 Å². The summed E-state index contributed by atoms with van der Waals surface area (Å²) in [6.45, 7) is 2.38. The maximum absolute atomic E-state index is 13.7. The van der Waals surface area contributed by atoms with Gasteiger partial charge >= 0.3 is 0 Å². The maximum atomic E-state index is 13.7. The molecular formula is C24H29FN6O2S2. The number of hydrogen-bond acceptors (Lipinski definition) is 6. The van der Waals surface area contributed by atoms with Crippen molar-refractivity contribution < 1.29 is 14.0 Å². The van der Waals surface area contributed by atoms with Gasteiger partial charge in [0.2, 0.25) is 11.9 Å². The molecule has 2 fully saturated rings. The summed E-state index contributed by atoms with van der Waals surface area (Å²) in [6.07, 6.45) is 6.08. The van der Waals surface area contributed by atoms with Crippen molar-refractivity contribution in [2.24, 2.45) is 17.7 Å². The maximum Gasteiger partial charge on any atom is 0.254 e. The van der Waals surface area contributed by atoms with E-state index in [1.807, 2.05) is 4.90 Å². The molecule has 3 aliphatic carbocycles. The molecule has 0 spiro atoms. The van der Waals surface area contributed by atoms with Crippen LogP contribution in [0.15, 0.2) is 12.1 Å². The first-order chi connectivity index (χ1) is 16.9. The first-order valence-corrected chi connectivity index (χ1v) is 13.2. The second kappa shape index (κ2) is 9.79. The number of carbonyl (C=O) groups is 2. The number of pyridine rings is 1. The molecule has 2 saturated carbocycles. The number of thiophene rings is 1. The van der Waals surface area contributed by atoms with E-state index >= 15 is 0 Å². The van der Waals surface area contributed by atoms with Crippen molar-refractivity contribution in [3.05, 3.63) is 39.8 Å². The number of fused-ring (bicyclic) bond motifs is 1. The summed E-state index contributed by atoms with van der Waals surface area (Å²) < 4.78 is 13.7. The van der Waals surface area contributed by atoms with Crippen LogP contribution in [-0.4, -0.2) is 34.5 Å². The number of nitrogens with zero attached hydrogens (tertiary/aromatic N) is 2. The van der Waals surface area contributed by atoms with Gasteiger partial charge in [0.15, 0.2) is 5.11 Å². The average Bonchev–Trinajstić information content (AvgIpc) is 3.75. The Kier molecular flexibility index (Phi) is 6.73. The third-order valence-corrected chi connectivity index (χ3v) is 8.41. The smallest absolute Gasteiger partial charge is 0.254 e. The first-order valence-electron chi connectivity index (χ1n) is 12.0. The van der Waals surface area contributed by atoms with Crippen molar-refractivity contribution in [1.82, 2.24) is 15.7 Å². The van der Waals surface area contributed by atoms with Crippen LogP contribution in [0.4, 0.5) is 15.1 Å². The number of carbonyl (C=O) groups excluding carboxylic acids is 2. The van der Waals surface area contributed by atoms with Crippen LogP contribution in [0.2, 0.25) is 0 Å². The lowest BCUT2D eigenvalue weighted by atomic mass is 9.89. The third kappa shape index (κ3) is 5.17. The lowest BCUT2D eigenvalue weighted by Gasteiger charge is -2.36. The van der Waals surface area contributed by atoms with E-state index in [2.05, 4.69) is 21.0 Å². The number of rotatable bonds is 7. The molecule has 0 aliphatic heterocycles. The SMILES string of the molecule is Cc1nc(F)ccc1N(C(=S)NN)[C@H]1CCc2sc(NC(=O)C3CC3)c(C(=O)NCC3CC3)c2C1. The number of aromatic nitrogens is 1. The van der Waals surface area contributed by atoms with Crippen molar-refractivity contribution in [2.75, 3.05) is 16.8 Å². The standard InChI is InChI=1S/C24H29FN6O2S2/c1-12-17(7-9-19(25)28-12)31(24(34)30-26)15-6-8-18-16(10-15)20(22(33)27-11-13-2-3-13)23(35-18)29-21(32)14-4-5-14/h7,9,13-15H,2-6,8,10-11,26H2,1H3,(H,27,33)(H,29,32)(H,30,34)/t15-/m0/s1. The predicted octanol–water partition coefficient (Wildman–Crippen LogP) is 3.19. The molecule has 186 valence electrons. The number of anilines is 2. The van der Waals surface area contributed by atoms with Crippen LogP contribution >= 0.6 is 23.6 Å². The minimum Gasteiger partial charge on any atom is -0.352 e. The highest BCUT2D eigenvalue weighted by molar-refractivity contribution is 7.80. The zero-order valence-electron chi connectivity index (χ0n) is 19.5. The quantitative estimate of drug-likeness (QED) is 0.194. The van der Waals surface area contributed by atoms with Crippen molar-refractivity contribution >= 4 is 51.2 Å². The molecule has 1 atom stereocenters. The minimum atomic E-state index is -0.563. The van der Waals surface area contributed by atoms with Gasteiger partial charge in [-0.3, -0.25) is 9.59 Å². The summed E-state index contributed by atoms with van der Waals surface area (Å²) in [5.41, 5.74) is 5.22. The number of hydrogen-bond donors (Lipinski definition) is 4. The summed E-state index contributed by atoms with van der Waals surface area (Å²) >= 11 is 7.02. The monoisotopic (exact) mass is 516 g/mol. The molecule has 2 aromatic rings. The highest BCUT2D eigenvalue weighted by Crippen LogP contribution is 2.41. The second-order valence-electron chi connectivity index (χ2n) is 9.58. The Morgan fingerprint density at radius 2 is 2.03 bits per heavy atom. The van der Waals surface area contributed by atoms with E-state index in [1.54, 1.807) is 13.0 Å². The molecule has 3 aliphatic rings. The minimum absolute atomic E-state index is 0.0143. The largest absolute Gasteiger partial charge is 0.352 e. The fourth-order valence-corrected chi connectivity index (χ4v) is 6.13. The van der Waals surface area contributed by atoms with Crippen molar-refractivity contribution in [2.45, 2.75) is 57.9 Å². The van der Waals surface area contributed by atoms with Gasteiger partial charge in [-0.1, -0.05) is 0 Å². The van der Waals surface area contributed by atoms with Gasteiger partial charge < -0.3 is 21.0 Å². The van der Waals surface area contributed by atoms with E-state index in [4.69, 9.17) is 18.1 Å². The van der Waals surface area contributed by atoms with E-state index in [0.717, 1.165) is 49.0 Å². The van der Waals surface area contributed by atoms with Crippen molar-refractivity contribution in [1.29, 1.82) is 0 Å². The Labute approximate surface area is 212 Å². The Morgan fingerprint density at radius 1 is 1.26 bits per heavy atom. The molecule has 8 nitrogen and oxygen atoms in total. The molecule has 5 rings (SSSR count). The number of aryl methyl sites for hydroxylation is 2. The van der Waals surface area contributed by atoms with Crippen LogP contribution < -0.4 is 26.8 Å². The first kappa shape index (κ1) is 24.1. The van der Waals surface area contributed by atoms with Crippen LogP contribution in [0.5, 0.6) is 0 Å². The van der Waals surface area contributed by atoms with Crippen molar-refractivity contribution in [3.63, 3.8) is 0 Å². The fourth-order valence-electron chi connectivity index (χ4n) is 4.64. The molecule has 0 saturated heterocycles. The molecule has 2 aromatic heterocycles. The van der Waals surface area contributed by atoms with Gasteiger partial charge in [-0.2, -0.15) is 4.39 Å². The molecule has 11 heteroatoms. The second-order valence-corrected chi connectivity index (χ2v) is 11.1. The Morgan fingerprint density at radius 3 is 2.69 bits per heavy atom. The molecule has 35 heavy (non-hydrogen) atoms. The lowest BCUT2D eigenvalue weighted by molar-refractivity contribution is -0.117. The predicted molar refractivity (Wildman–Crippen MR) is 138 cm³/mol. The van der Waals surface area contributed by atoms with Crippen molar-refractivity contribution in [3.8, 4) is 0 Å². The van der Waals surface area contributed by atoms with Crippen LogP contribution in [0.3, 0.4) is 0 Å². The highest BCUT2D eigenvalue weighted by atomic mass is 32.1. The number of nitrogens with one attached hydrogen (secondary N) is 3. The molecule has 0 unspecified atom stereocenters. The molecule has 2 amide bonds. The van der Waals surface area contributed by atoms with E-state index in [9.17, 15) is 14.0 Å². The van der Waals surface area contributed by atoms with Gasteiger partial charge in [0.1, 0.15) is 5.00 Å². The molecule has 5 N–H and O–H groups in total. The van der Waals surface area contributed by atoms with Gasteiger partial charge in [0.05, 0.1) is 16.9 Å².